The maximum Gasteiger partial charge on any atom is 0.434 e. The van der Waals surface area contributed by atoms with Crippen molar-refractivity contribution in [2.45, 2.75) is 44.8 Å². The van der Waals surface area contributed by atoms with Crippen LogP contribution in [-0.4, -0.2) is 98.6 Å². The average Bonchev–Trinajstić information content (AvgIpc) is 3.84. The Bertz CT molecular complexity index is 1660. The van der Waals surface area contributed by atoms with Gasteiger partial charge in [0.1, 0.15) is 28.7 Å². The third kappa shape index (κ3) is 7.46. The number of thiazole rings is 1. The van der Waals surface area contributed by atoms with E-state index in [1.165, 1.54) is 23.7 Å². The summed E-state index contributed by atoms with van der Waals surface area (Å²) in [5.74, 6) is -2.21. The van der Waals surface area contributed by atoms with E-state index in [4.69, 9.17) is 14.2 Å². The molecule has 1 saturated heterocycles. The van der Waals surface area contributed by atoms with Gasteiger partial charge in [-0.25, -0.2) is 19.2 Å². The van der Waals surface area contributed by atoms with Crippen LogP contribution in [-0.2, 0) is 14.2 Å². The lowest BCUT2D eigenvalue weighted by Crippen LogP contribution is -2.38. The molecule has 1 N–H and O–H groups in total. The normalized spacial score (nSPS) is 18.8. The number of halogens is 2. The molecule has 1 aliphatic heterocycles. The fraction of sp³-hybridized carbons (Fsp3) is 0.467. The molecule has 0 atom stereocenters. The second-order valence-corrected chi connectivity index (χ2v) is 11.8. The van der Waals surface area contributed by atoms with Crippen molar-refractivity contribution in [3.05, 3.63) is 53.6 Å². The fourth-order valence-corrected chi connectivity index (χ4v) is 6.30. The number of hydrogen-bond acceptors (Lipinski definition) is 11. The third-order valence-electron chi connectivity index (χ3n) is 7.93. The van der Waals surface area contributed by atoms with Crippen molar-refractivity contribution in [2.75, 3.05) is 51.4 Å². The van der Waals surface area contributed by atoms with Gasteiger partial charge in [0, 0.05) is 49.6 Å². The van der Waals surface area contributed by atoms with Crippen LogP contribution in [0.5, 0.6) is 0 Å². The van der Waals surface area contributed by atoms with Crippen LogP contribution in [0.1, 0.15) is 49.1 Å². The van der Waals surface area contributed by atoms with Gasteiger partial charge in [-0.15, -0.1) is 11.3 Å². The first-order valence-electron chi connectivity index (χ1n) is 15.2. The summed E-state index contributed by atoms with van der Waals surface area (Å²) in [6.45, 7) is 6.34. The van der Waals surface area contributed by atoms with Gasteiger partial charge in [-0.2, -0.15) is 19.3 Å². The molecule has 1 saturated carbocycles. The molecule has 0 bridgehead atoms. The molecular weight excluding hydrogens is 622 g/mol. The van der Waals surface area contributed by atoms with Crippen molar-refractivity contribution in [2.24, 2.45) is 0 Å². The SMILES string of the molecule is CCOC1CCC(n2cc(NC(=O)c3csc(-c4cnn(C(=O)OCCN5CCOCC5)c4)n3)c(-c3nc(F)ccc3F)n2)CC1. The number of amides is 1. The van der Waals surface area contributed by atoms with Gasteiger partial charge < -0.3 is 19.5 Å². The molecule has 4 aromatic heterocycles. The van der Waals surface area contributed by atoms with Gasteiger partial charge in [0.05, 0.1) is 37.2 Å². The van der Waals surface area contributed by atoms with Gasteiger partial charge in [0.15, 0.2) is 5.82 Å². The van der Waals surface area contributed by atoms with Crippen LogP contribution >= 0.6 is 11.3 Å². The lowest BCUT2D eigenvalue weighted by atomic mass is 9.93. The highest BCUT2D eigenvalue weighted by molar-refractivity contribution is 7.13. The molecule has 4 aromatic rings. The highest BCUT2D eigenvalue weighted by Gasteiger charge is 2.27. The van der Waals surface area contributed by atoms with Gasteiger partial charge >= 0.3 is 6.09 Å². The third-order valence-corrected chi connectivity index (χ3v) is 8.82. The fourth-order valence-electron chi connectivity index (χ4n) is 5.52. The first kappa shape index (κ1) is 31.8. The molecule has 2 fully saturated rings. The zero-order chi connectivity index (χ0) is 32.0. The van der Waals surface area contributed by atoms with Crippen molar-refractivity contribution in [1.82, 2.24) is 34.4 Å². The minimum absolute atomic E-state index is 0.00815. The molecular formula is C30H34F2N8O5S. The number of aromatic nitrogens is 6. The topological polar surface area (TPSA) is 139 Å². The maximum absolute atomic E-state index is 14.8. The number of carbonyl (C=O) groups is 2. The molecule has 6 rings (SSSR count). The number of hydrogen-bond donors (Lipinski definition) is 1. The van der Waals surface area contributed by atoms with E-state index >= 15 is 0 Å². The zero-order valence-electron chi connectivity index (χ0n) is 25.2. The molecule has 0 unspecified atom stereocenters. The number of anilines is 1. The summed E-state index contributed by atoms with van der Waals surface area (Å²) in [4.78, 5) is 36.1. The summed E-state index contributed by atoms with van der Waals surface area (Å²) in [6.07, 6.45) is 7.36. The molecule has 16 heteroatoms. The Morgan fingerprint density at radius 1 is 1.09 bits per heavy atom. The molecule has 244 valence electrons. The average molecular weight is 657 g/mol. The first-order chi connectivity index (χ1) is 22.4. The predicted molar refractivity (Wildman–Crippen MR) is 164 cm³/mol. The van der Waals surface area contributed by atoms with Crippen LogP contribution < -0.4 is 5.32 Å². The second-order valence-electron chi connectivity index (χ2n) is 11.0. The lowest BCUT2D eigenvalue weighted by Gasteiger charge is -2.28. The lowest BCUT2D eigenvalue weighted by molar-refractivity contribution is 0.0260. The minimum atomic E-state index is -0.869. The Morgan fingerprint density at radius 2 is 1.89 bits per heavy atom. The van der Waals surface area contributed by atoms with Crippen LogP contribution in [0, 0.1) is 11.8 Å². The van der Waals surface area contributed by atoms with Crippen molar-refractivity contribution in [3.63, 3.8) is 0 Å². The summed E-state index contributed by atoms with van der Waals surface area (Å²) < 4.78 is 48.1. The van der Waals surface area contributed by atoms with Crippen molar-refractivity contribution >= 4 is 29.0 Å². The van der Waals surface area contributed by atoms with Gasteiger partial charge in [0.2, 0.25) is 5.95 Å². The van der Waals surface area contributed by atoms with Gasteiger partial charge in [-0.1, -0.05) is 0 Å². The van der Waals surface area contributed by atoms with E-state index in [2.05, 4.69) is 30.4 Å². The van der Waals surface area contributed by atoms with E-state index in [-0.39, 0.29) is 41.5 Å². The Hall–Kier alpha value is -4.12. The van der Waals surface area contributed by atoms with E-state index in [1.54, 1.807) is 16.3 Å². The van der Waals surface area contributed by atoms with E-state index in [0.717, 1.165) is 55.6 Å². The van der Waals surface area contributed by atoms with Crippen molar-refractivity contribution in [1.29, 1.82) is 0 Å². The van der Waals surface area contributed by atoms with E-state index in [1.807, 2.05) is 6.92 Å². The van der Waals surface area contributed by atoms with Crippen molar-refractivity contribution < 1.29 is 32.6 Å². The highest BCUT2D eigenvalue weighted by Crippen LogP contribution is 2.34. The molecule has 0 spiro atoms. The summed E-state index contributed by atoms with van der Waals surface area (Å²) in [5, 5.41) is 13.4. The minimum Gasteiger partial charge on any atom is -0.447 e. The molecule has 2 aliphatic rings. The largest absolute Gasteiger partial charge is 0.447 e. The monoisotopic (exact) mass is 656 g/mol. The van der Waals surface area contributed by atoms with Crippen LogP contribution in [0.3, 0.4) is 0 Å². The predicted octanol–water partition coefficient (Wildman–Crippen LogP) is 4.63. The van der Waals surface area contributed by atoms with E-state index in [9.17, 15) is 18.4 Å². The molecule has 1 amide bonds. The molecule has 0 radical (unpaired) electrons. The van der Waals surface area contributed by atoms with Gasteiger partial charge in [-0.05, 0) is 44.7 Å². The quantitative estimate of drug-likeness (QED) is 0.241. The number of nitrogens with one attached hydrogen (secondary N) is 1. The number of pyridine rings is 1. The smallest absolute Gasteiger partial charge is 0.434 e. The molecule has 1 aliphatic carbocycles. The first-order valence-corrected chi connectivity index (χ1v) is 16.1. The van der Waals surface area contributed by atoms with Gasteiger partial charge in [-0.3, -0.25) is 14.4 Å². The second kappa shape index (κ2) is 14.5. The van der Waals surface area contributed by atoms with E-state index < -0.39 is 23.8 Å². The number of nitrogens with zero attached hydrogens (tertiary/aromatic N) is 7. The Balaban J connectivity index is 1.14. The van der Waals surface area contributed by atoms with Crippen molar-refractivity contribution in [3.8, 4) is 22.0 Å². The Labute approximate surface area is 267 Å². The number of rotatable bonds is 10. The summed E-state index contributed by atoms with van der Waals surface area (Å²) >= 11 is 1.19. The molecule has 0 aromatic carbocycles. The standard InChI is InChI=1S/C30H34F2N8O5S/c1-2-44-21-5-3-20(4-6-21)39-17-23(27(37-39)26-22(31)7-8-25(32)36-26)34-28(41)24-18-46-29(35-24)19-15-33-40(16-19)30(42)45-14-11-38-9-12-43-13-10-38/h7-8,15-18,20-21H,2-6,9-14H2,1H3,(H,34,41). The Kier molecular flexibility index (Phi) is 10.1. The molecule has 5 heterocycles. The van der Waals surface area contributed by atoms with Crippen LogP contribution in [0.25, 0.3) is 22.0 Å². The highest BCUT2D eigenvalue weighted by atomic mass is 32.1. The van der Waals surface area contributed by atoms with Crippen LogP contribution in [0.2, 0.25) is 0 Å². The summed E-state index contributed by atoms with van der Waals surface area (Å²) in [7, 11) is 0. The van der Waals surface area contributed by atoms with Gasteiger partial charge in [0.25, 0.3) is 5.91 Å². The summed E-state index contributed by atoms with van der Waals surface area (Å²) in [6, 6.07) is 1.89. The maximum atomic E-state index is 14.8. The Morgan fingerprint density at radius 3 is 2.67 bits per heavy atom. The number of morpholine rings is 1. The molecule has 46 heavy (non-hydrogen) atoms. The van der Waals surface area contributed by atoms with Crippen LogP contribution in [0.15, 0.2) is 36.1 Å². The number of carbonyl (C=O) groups excluding carboxylic acids is 2. The summed E-state index contributed by atoms with van der Waals surface area (Å²) in [5.41, 5.74) is 0.498. The molecule has 13 nitrogen and oxygen atoms in total. The zero-order valence-corrected chi connectivity index (χ0v) is 26.0. The van der Waals surface area contributed by atoms with E-state index in [0.29, 0.717) is 36.9 Å². The number of ether oxygens (including phenoxy) is 3. The van der Waals surface area contributed by atoms with Crippen LogP contribution in [0.4, 0.5) is 19.3 Å².